The number of esters is 1. The molecule has 0 aliphatic rings. The highest BCUT2D eigenvalue weighted by Gasteiger charge is 2.08. The highest BCUT2D eigenvalue weighted by Crippen LogP contribution is 2.18. The third-order valence-electron chi connectivity index (χ3n) is 3.96. The van der Waals surface area contributed by atoms with E-state index in [2.05, 4.69) is 10.3 Å². The van der Waals surface area contributed by atoms with Crippen LogP contribution in [0.25, 0.3) is 11.1 Å². The molecule has 0 unspecified atom stereocenters. The SMILES string of the molecule is COC(=O)c1cccc(CNC(=O)c2ccc(-c3ccncc3)cc2)c1. The molecular weight excluding hydrogens is 328 g/mol. The Morgan fingerprint density at radius 2 is 1.62 bits per heavy atom. The van der Waals surface area contributed by atoms with Crippen LogP contribution >= 0.6 is 0 Å². The molecule has 0 saturated heterocycles. The van der Waals surface area contributed by atoms with E-state index >= 15 is 0 Å². The van der Waals surface area contributed by atoms with Gasteiger partial charge in [-0.05, 0) is 53.1 Å². The number of carbonyl (C=O) groups excluding carboxylic acids is 2. The van der Waals surface area contributed by atoms with Crippen molar-refractivity contribution in [2.75, 3.05) is 7.11 Å². The van der Waals surface area contributed by atoms with Gasteiger partial charge in [-0.1, -0.05) is 24.3 Å². The van der Waals surface area contributed by atoms with Crippen molar-refractivity contribution in [1.29, 1.82) is 0 Å². The zero-order valence-corrected chi connectivity index (χ0v) is 14.3. The standard InChI is InChI=1S/C21H18N2O3/c1-26-21(25)19-4-2-3-15(13-19)14-23-20(24)18-7-5-16(6-8-18)17-9-11-22-12-10-17/h2-13H,14H2,1H3,(H,23,24). The predicted molar refractivity (Wildman–Crippen MR) is 98.6 cm³/mol. The summed E-state index contributed by atoms with van der Waals surface area (Å²) in [6, 6.07) is 18.2. The van der Waals surface area contributed by atoms with E-state index in [1.807, 2.05) is 30.3 Å². The molecule has 5 heteroatoms. The number of methoxy groups -OCH3 is 1. The third-order valence-corrected chi connectivity index (χ3v) is 3.96. The molecule has 2 aromatic carbocycles. The lowest BCUT2D eigenvalue weighted by molar-refractivity contribution is 0.0600. The normalized spacial score (nSPS) is 10.2. The Morgan fingerprint density at radius 3 is 2.31 bits per heavy atom. The average molecular weight is 346 g/mol. The molecule has 0 aliphatic heterocycles. The Morgan fingerprint density at radius 1 is 0.923 bits per heavy atom. The van der Waals surface area contributed by atoms with Crippen LogP contribution in [-0.4, -0.2) is 24.0 Å². The summed E-state index contributed by atoms with van der Waals surface area (Å²) >= 11 is 0. The Bertz CT molecular complexity index is 906. The van der Waals surface area contributed by atoms with Crippen molar-refractivity contribution in [3.05, 3.63) is 89.7 Å². The molecule has 3 rings (SSSR count). The van der Waals surface area contributed by atoms with Crippen molar-refractivity contribution in [2.45, 2.75) is 6.54 Å². The molecule has 1 N–H and O–H groups in total. The van der Waals surface area contributed by atoms with E-state index in [-0.39, 0.29) is 5.91 Å². The van der Waals surface area contributed by atoms with E-state index in [1.54, 1.807) is 42.7 Å². The average Bonchev–Trinajstić information content (AvgIpc) is 2.72. The van der Waals surface area contributed by atoms with E-state index in [4.69, 9.17) is 4.74 Å². The Kier molecular flexibility index (Phi) is 5.39. The second-order valence-corrected chi connectivity index (χ2v) is 5.69. The maximum Gasteiger partial charge on any atom is 0.337 e. The van der Waals surface area contributed by atoms with Gasteiger partial charge in [-0.3, -0.25) is 9.78 Å². The van der Waals surface area contributed by atoms with Crippen molar-refractivity contribution < 1.29 is 14.3 Å². The summed E-state index contributed by atoms with van der Waals surface area (Å²) in [5, 5.41) is 2.86. The minimum atomic E-state index is -0.398. The van der Waals surface area contributed by atoms with Crippen molar-refractivity contribution in [3.8, 4) is 11.1 Å². The largest absolute Gasteiger partial charge is 0.465 e. The fourth-order valence-electron chi connectivity index (χ4n) is 2.57. The first kappa shape index (κ1) is 17.4. The van der Waals surface area contributed by atoms with Crippen LogP contribution in [0.4, 0.5) is 0 Å². The lowest BCUT2D eigenvalue weighted by atomic mass is 10.0. The molecule has 0 fully saturated rings. The fraction of sp³-hybridized carbons (Fsp3) is 0.0952. The third kappa shape index (κ3) is 4.13. The molecule has 1 heterocycles. The molecule has 0 bridgehead atoms. The molecule has 26 heavy (non-hydrogen) atoms. The van der Waals surface area contributed by atoms with Crippen LogP contribution in [0.3, 0.4) is 0 Å². The number of pyridine rings is 1. The van der Waals surface area contributed by atoms with Crippen LogP contribution in [0.2, 0.25) is 0 Å². The van der Waals surface area contributed by atoms with Crippen molar-refractivity contribution in [2.24, 2.45) is 0 Å². The minimum absolute atomic E-state index is 0.172. The highest BCUT2D eigenvalue weighted by molar-refractivity contribution is 5.94. The van der Waals surface area contributed by atoms with Gasteiger partial charge in [0.1, 0.15) is 0 Å². The molecule has 0 saturated carbocycles. The number of benzene rings is 2. The number of nitrogens with one attached hydrogen (secondary N) is 1. The van der Waals surface area contributed by atoms with Crippen LogP contribution in [-0.2, 0) is 11.3 Å². The number of rotatable bonds is 5. The van der Waals surface area contributed by atoms with Gasteiger partial charge in [-0.25, -0.2) is 4.79 Å². The molecule has 1 amide bonds. The van der Waals surface area contributed by atoms with Crippen LogP contribution in [0, 0.1) is 0 Å². The molecule has 0 aliphatic carbocycles. The monoisotopic (exact) mass is 346 g/mol. The van der Waals surface area contributed by atoms with Crippen molar-refractivity contribution >= 4 is 11.9 Å². The summed E-state index contributed by atoms with van der Waals surface area (Å²) in [4.78, 5) is 27.9. The molecule has 5 nitrogen and oxygen atoms in total. The Hall–Kier alpha value is -3.47. The van der Waals surface area contributed by atoms with E-state index in [0.29, 0.717) is 17.7 Å². The van der Waals surface area contributed by atoms with Crippen molar-refractivity contribution in [1.82, 2.24) is 10.3 Å². The van der Waals surface area contributed by atoms with Crippen LogP contribution in [0.5, 0.6) is 0 Å². The van der Waals surface area contributed by atoms with Gasteiger partial charge < -0.3 is 10.1 Å². The first-order chi connectivity index (χ1) is 12.7. The van der Waals surface area contributed by atoms with Crippen LogP contribution < -0.4 is 5.32 Å². The number of hydrogen-bond donors (Lipinski definition) is 1. The summed E-state index contributed by atoms with van der Waals surface area (Å²) < 4.78 is 4.70. The Balaban J connectivity index is 1.64. The van der Waals surface area contributed by atoms with E-state index in [9.17, 15) is 9.59 Å². The number of hydrogen-bond acceptors (Lipinski definition) is 4. The predicted octanol–water partition coefficient (Wildman–Crippen LogP) is 3.47. The lowest BCUT2D eigenvalue weighted by Gasteiger charge is -2.08. The zero-order chi connectivity index (χ0) is 18.4. The van der Waals surface area contributed by atoms with Gasteiger partial charge in [0.2, 0.25) is 0 Å². The second kappa shape index (κ2) is 8.07. The van der Waals surface area contributed by atoms with Gasteiger partial charge in [-0.15, -0.1) is 0 Å². The highest BCUT2D eigenvalue weighted by atomic mass is 16.5. The number of aromatic nitrogens is 1. The van der Waals surface area contributed by atoms with E-state index < -0.39 is 5.97 Å². The number of ether oxygens (including phenoxy) is 1. The fourth-order valence-corrected chi connectivity index (χ4v) is 2.57. The van der Waals surface area contributed by atoms with Gasteiger partial charge in [-0.2, -0.15) is 0 Å². The van der Waals surface area contributed by atoms with Gasteiger partial charge in [0.25, 0.3) is 5.91 Å². The summed E-state index contributed by atoms with van der Waals surface area (Å²) in [5.41, 5.74) is 3.93. The molecule has 1 aromatic heterocycles. The summed E-state index contributed by atoms with van der Waals surface area (Å²) in [6.45, 7) is 0.329. The molecule has 0 spiro atoms. The summed E-state index contributed by atoms with van der Waals surface area (Å²) in [5.74, 6) is -0.570. The smallest absolute Gasteiger partial charge is 0.337 e. The van der Waals surface area contributed by atoms with Crippen molar-refractivity contribution in [3.63, 3.8) is 0 Å². The molecule has 0 atom stereocenters. The maximum absolute atomic E-state index is 12.3. The molecular formula is C21H18N2O3. The quantitative estimate of drug-likeness (QED) is 0.718. The van der Waals surface area contributed by atoms with Gasteiger partial charge in [0, 0.05) is 24.5 Å². The molecule has 130 valence electrons. The van der Waals surface area contributed by atoms with E-state index in [1.165, 1.54) is 7.11 Å². The maximum atomic E-state index is 12.3. The molecule has 3 aromatic rings. The minimum Gasteiger partial charge on any atom is -0.465 e. The number of amides is 1. The van der Waals surface area contributed by atoms with Gasteiger partial charge in [0.15, 0.2) is 0 Å². The first-order valence-electron chi connectivity index (χ1n) is 8.13. The van der Waals surface area contributed by atoms with E-state index in [0.717, 1.165) is 16.7 Å². The Labute approximate surface area is 151 Å². The van der Waals surface area contributed by atoms with Crippen LogP contribution in [0.1, 0.15) is 26.3 Å². The van der Waals surface area contributed by atoms with Gasteiger partial charge in [0.05, 0.1) is 12.7 Å². The number of carbonyl (C=O) groups is 2. The zero-order valence-electron chi connectivity index (χ0n) is 14.3. The molecule has 0 radical (unpaired) electrons. The number of nitrogens with zero attached hydrogens (tertiary/aromatic N) is 1. The topological polar surface area (TPSA) is 68.3 Å². The lowest BCUT2D eigenvalue weighted by Crippen LogP contribution is -2.22. The van der Waals surface area contributed by atoms with Crippen LogP contribution in [0.15, 0.2) is 73.1 Å². The van der Waals surface area contributed by atoms with Gasteiger partial charge >= 0.3 is 5.97 Å². The summed E-state index contributed by atoms with van der Waals surface area (Å²) in [6.07, 6.45) is 3.47. The first-order valence-corrected chi connectivity index (χ1v) is 8.13. The summed E-state index contributed by atoms with van der Waals surface area (Å²) in [7, 11) is 1.34. The second-order valence-electron chi connectivity index (χ2n) is 5.69.